The molecule has 0 aromatic heterocycles. The lowest BCUT2D eigenvalue weighted by Crippen LogP contribution is -2.30. The second kappa shape index (κ2) is 34.0. The number of ether oxygens (including phenoxy) is 3. The number of rotatable bonds is 38. The van der Waals surface area contributed by atoms with Gasteiger partial charge in [0.1, 0.15) is 45.1 Å². The first-order valence-electron chi connectivity index (χ1n) is 32.2. The molecule has 1 amide bonds. The van der Waals surface area contributed by atoms with Gasteiger partial charge in [0, 0.05) is 65.8 Å². The second-order valence-corrected chi connectivity index (χ2v) is 33.5. The monoisotopic (exact) mass is 1460 g/mol. The van der Waals surface area contributed by atoms with E-state index in [1.54, 1.807) is 6.92 Å². The third-order valence-corrected chi connectivity index (χ3v) is 21.7. The number of nitro groups is 1. The number of nitrogens with zero attached hydrogens (tertiary/aromatic N) is 4. The highest BCUT2D eigenvalue weighted by molar-refractivity contribution is 7.93. The third-order valence-electron chi connectivity index (χ3n) is 15.8. The fourth-order valence-electron chi connectivity index (χ4n) is 10.8. The molecule has 99 heavy (non-hydrogen) atoms. The number of aromatic hydroxyl groups is 2. The number of unbranched alkanes of at least 4 members (excludes halogenated alkanes) is 13. The number of nitrogens with one attached hydrogen (secondary N) is 4. The number of hydrogen-bond donors (Lipinski definition) is 6. The number of methoxy groups -OCH3 is 1. The molecule has 26 nitrogen and oxygen atoms in total. The van der Waals surface area contributed by atoms with Gasteiger partial charge in [0.05, 0.1) is 62.5 Å². The van der Waals surface area contributed by atoms with E-state index in [0.29, 0.717) is 17.9 Å². The Bertz CT molecular complexity index is 4670. The summed E-state index contributed by atoms with van der Waals surface area (Å²) in [6, 6.07) is 23.8. The summed E-state index contributed by atoms with van der Waals surface area (Å²) < 4.78 is 162. The molecule has 31 heteroatoms. The van der Waals surface area contributed by atoms with Crippen LogP contribution >= 0.6 is 0 Å². The molecule has 0 atom stereocenters. The highest BCUT2D eigenvalue weighted by Crippen LogP contribution is 2.45. The van der Waals surface area contributed by atoms with E-state index in [1.165, 1.54) is 144 Å². The van der Waals surface area contributed by atoms with Gasteiger partial charge in [-0.25, -0.2) is 42.1 Å². The molecule has 0 fully saturated rings. The number of hydrogen-bond acceptors (Lipinski definition) is 20. The lowest BCUT2D eigenvalue weighted by molar-refractivity contribution is -0.385. The van der Waals surface area contributed by atoms with Gasteiger partial charge >= 0.3 is 0 Å². The van der Waals surface area contributed by atoms with Crippen molar-refractivity contribution >= 4 is 112 Å². The maximum atomic E-state index is 14.8. The van der Waals surface area contributed by atoms with Gasteiger partial charge in [-0.1, -0.05) is 129 Å². The summed E-state index contributed by atoms with van der Waals surface area (Å²) in [7, 11) is -20.5. The predicted molar refractivity (Wildman–Crippen MR) is 384 cm³/mol. The van der Waals surface area contributed by atoms with Crippen LogP contribution in [0.5, 0.6) is 23.0 Å². The van der Waals surface area contributed by atoms with E-state index < -0.39 is 109 Å². The summed E-state index contributed by atoms with van der Waals surface area (Å²) in [5, 5.41) is 43.0. The first kappa shape index (κ1) is 77.7. The molecular weight excluding hydrogens is 1380 g/mol. The number of sulfone groups is 1. The predicted octanol–water partition coefficient (Wildman–Crippen LogP) is 14.6. The van der Waals surface area contributed by atoms with Crippen LogP contribution in [0.3, 0.4) is 0 Å². The van der Waals surface area contributed by atoms with Crippen LogP contribution in [0.4, 0.5) is 45.5 Å². The van der Waals surface area contributed by atoms with Crippen LogP contribution in [0.2, 0.25) is 0 Å². The van der Waals surface area contributed by atoms with Crippen molar-refractivity contribution in [3.8, 4) is 23.0 Å². The molecule has 0 spiro atoms. The van der Waals surface area contributed by atoms with Gasteiger partial charge in [-0.15, -0.1) is 10.2 Å². The quantitative estimate of drug-likeness (QED) is 0.00688. The number of benzene rings is 7. The van der Waals surface area contributed by atoms with Crippen LogP contribution in [0, 0.1) is 10.1 Å². The van der Waals surface area contributed by atoms with Gasteiger partial charge < -0.3 is 29.3 Å². The lowest BCUT2D eigenvalue weighted by atomic mass is 9.86. The normalized spacial score (nSPS) is 12.4. The van der Waals surface area contributed by atoms with E-state index >= 15 is 0 Å². The van der Waals surface area contributed by atoms with Crippen molar-refractivity contribution in [2.24, 2.45) is 10.2 Å². The number of amides is 1. The number of non-ortho nitro benzene ring substituents is 1. The number of carbonyl (C=O) groups is 1. The molecule has 536 valence electrons. The number of fused-ring (bicyclic) bond motifs is 1. The molecular formula is C68H86N8O18S5. The molecule has 7 rings (SSSR count). The number of phenols is 2. The van der Waals surface area contributed by atoms with Crippen LogP contribution in [0.1, 0.15) is 140 Å². The SMILES string of the molecule is CCCCCCCCCCCCCCCCOc1cc(O)c(NS(=O)(=O)c2cc(NS(=O)(=O)c3ccc(N(CC)C(=O)c4cc(N=Nc5ccc([N+](=O)[O-])cc5S(C)(=O)=O)c5c(NS(=O)(=O)c6cccc(NS(C)(=O)=O)c6)cccc5c4O)cc3)ccc2OCCOC)cc1C(C)(C)C. The van der Waals surface area contributed by atoms with Gasteiger partial charge in [0.15, 0.2) is 9.84 Å². The highest BCUT2D eigenvalue weighted by Gasteiger charge is 2.30. The molecule has 0 bridgehead atoms. The summed E-state index contributed by atoms with van der Waals surface area (Å²) in [5.74, 6) is -1.84. The number of sulfonamides is 4. The summed E-state index contributed by atoms with van der Waals surface area (Å²) in [6.07, 6.45) is 18.5. The Morgan fingerprint density at radius 1 is 0.566 bits per heavy atom. The van der Waals surface area contributed by atoms with Crippen molar-refractivity contribution in [3.63, 3.8) is 0 Å². The van der Waals surface area contributed by atoms with Crippen molar-refractivity contribution in [1.82, 2.24) is 0 Å². The van der Waals surface area contributed by atoms with E-state index in [2.05, 4.69) is 36.0 Å². The van der Waals surface area contributed by atoms with E-state index in [1.807, 2.05) is 20.8 Å². The highest BCUT2D eigenvalue weighted by atomic mass is 32.2. The number of nitro benzene ring substituents is 1. The molecule has 0 radical (unpaired) electrons. The number of anilines is 5. The Hall–Kier alpha value is -8.62. The Morgan fingerprint density at radius 2 is 1.15 bits per heavy atom. The summed E-state index contributed by atoms with van der Waals surface area (Å²) in [4.78, 5) is 24.9. The third kappa shape index (κ3) is 21.4. The van der Waals surface area contributed by atoms with Crippen molar-refractivity contribution < 1.29 is 76.2 Å². The Labute approximate surface area is 579 Å². The van der Waals surface area contributed by atoms with Crippen LogP contribution in [0.25, 0.3) is 10.8 Å². The average molecular weight is 1460 g/mol. The van der Waals surface area contributed by atoms with Gasteiger partial charge in [0.2, 0.25) is 10.0 Å². The maximum absolute atomic E-state index is 14.8. The molecule has 0 aliphatic rings. The molecule has 0 saturated heterocycles. The minimum Gasteiger partial charge on any atom is -0.506 e. The smallest absolute Gasteiger partial charge is 0.270 e. The van der Waals surface area contributed by atoms with E-state index in [0.717, 1.165) is 91.6 Å². The van der Waals surface area contributed by atoms with Crippen LogP contribution in [-0.2, 0) is 60.1 Å². The zero-order chi connectivity index (χ0) is 72.5. The van der Waals surface area contributed by atoms with E-state index in [9.17, 15) is 67.2 Å². The molecule has 7 aromatic carbocycles. The van der Waals surface area contributed by atoms with Crippen molar-refractivity contribution in [3.05, 3.63) is 143 Å². The zero-order valence-electron chi connectivity index (χ0n) is 56.5. The number of carbonyl (C=O) groups excluding carboxylic acids is 1. The Balaban J connectivity index is 1.13. The minimum absolute atomic E-state index is 0.0641. The van der Waals surface area contributed by atoms with Gasteiger partial charge in [-0.3, -0.25) is 33.8 Å². The van der Waals surface area contributed by atoms with Gasteiger partial charge in [0.25, 0.3) is 41.7 Å². The largest absolute Gasteiger partial charge is 0.506 e. The lowest BCUT2D eigenvalue weighted by Gasteiger charge is -2.25. The minimum atomic E-state index is -4.69. The fraction of sp³-hybridized carbons (Fsp3) is 0.397. The van der Waals surface area contributed by atoms with Crippen LogP contribution in [0.15, 0.2) is 151 Å². The topological polar surface area (TPSA) is 375 Å². The van der Waals surface area contributed by atoms with Crippen molar-refractivity contribution in [2.45, 2.75) is 150 Å². The maximum Gasteiger partial charge on any atom is 0.270 e. The zero-order valence-corrected chi connectivity index (χ0v) is 60.6. The fourth-order valence-corrected chi connectivity index (χ4v) is 15.6. The van der Waals surface area contributed by atoms with Crippen molar-refractivity contribution in [1.29, 1.82) is 0 Å². The molecule has 0 aliphatic heterocycles. The summed E-state index contributed by atoms with van der Waals surface area (Å²) in [6.45, 7) is 9.80. The molecule has 0 aliphatic carbocycles. The molecule has 0 saturated carbocycles. The average Bonchev–Trinajstić information content (AvgIpc) is 0.760. The van der Waals surface area contributed by atoms with Crippen molar-refractivity contribution in [2.75, 3.05) is 69.8 Å². The van der Waals surface area contributed by atoms with Gasteiger partial charge in [-0.05, 0) is 104 Å². The first-order valence-corrected chi connectivity index (χ1v) is 40.4. The standard InChI is InChI=1S/C68H86N8O18S5/c1-9-11-12-13-14-15-16-17-18-19-20-21-22-23-38-93-62-46-60(77)58(45-55(62)68(3,4)5)74-99(90,91)64-42-48(30-37-61(64)94-40-39-92-6)72-97(86,87)51-34-31-49(32-35-51)75(10-2)67(79)54-44-59(70-69-56-36-33-50(76(80)81)43-63(56)95(7,82)83)65-53(66(54)78)28-25-29-57(65)73-98(88,89)52-27-24-26-47(41-52)71-96(8,84)85/h24-37,41-46,71-74,77-78H,9-23,38-40H2,1-8H3. The van der Waals surface area contributed by atoms with E-state index in [4.69, 9.17) is 14.2 Å². The van der Waals surface area contributed by atoms with E-state index in [-0.39, 0.29) is 75.3 Å². The Morgan fingerprint density at radius 3 is 1.75 bits per heavy atom. The number of phenolic OH excluding ortho intramolecular Hbond substituents is 2. The first-order chi connectivity index (χ1) is 46.7. The van der Waals surface area contributed by atoms with Crippen LogP contribution < -0.4 is 33.3 Å². The summed E-state index contributed by atoms with van der Waals surface area (Å²) in [5.41, 5.74) is -2.45. The second-order valence-electron chi connectivity index (χ2n) is 24.7. The Kier molecular flexibility index (Phi) is 26.7. The van der Waals surface area contributed by atoms with Gasteiger partial charge in [-0.2, -0.15) is 0 Å². The number of azo groups is 1. The van der Waals surface area contributed by atoms with Crippen LogP contribution in [-0.4, -0.2) is 109 Å². The summed E-state index contributed by atoms with van der Waals surface area (Å²) >= 11 is 0. The molecule has 0 heterocycles. The molecule has 6 N–H and O–H groups in total. The molecule has 7 aromatic rings. The molecule has 0 unspecified atom stereocenters.